The molecule has 0 aliphatic carbocycles. The number of likely N-dealkylation sites (N-methyl/N-ethyl adjacent to an activating group) is 1. The zero-order valence-corrected chi connectivity index (χ0v) is 11.8. The van der Waals surface area contributed by atoms with E-state index in [1.54, 1.807) is 13.1 Å². The highest BCUT2D eigenvalue weighted by Crippen LogP contribution is 2.35. The lowest BCUT2D eigenvalue weighted by Crippen LogP contribution is -2.36. The van der Waals surface area contributed by atoms with Crippen molar-refractivity contribution in [2.24, 2.45) is 0 Å². The van der Waals surface area contributed by atoms with Crippen molar-refractivity contribution in [3.8, 4) is 0 Å². The van der Waals surface area contributed by atoms with Gasteiger partial charge in [-0.3, -0.25) is 0 Å². The van der Waals surface area contributed by atoms with Crippen molar-refractivity contribution >= 4 is 17.2 Å². The van der Waals surface area contributed by atoms with Crippen molar-refractivity contribution in [1.82, 2.24) is 4.98 Å². The number of hydrogen-bond donors (Lipinski definition) is 1. The number of para-hydroxylation sites is 2. The number of aromatic nitrogens is 1. The number of hydrogen-bond acceptors (Lipinski definition) is 4. The normalized spacial score (nSPS) is 15.9. The highest BCUT2D eigenvalue weighted by molar-refractivity contribution is 5.78. The monoisotopic (exact) mass is 269 g/mol. The maximum Gasteiger partial charge on any atom is 0.133 e. The van der Waals surface area contributed by atoms with E-state index in [0.717, 1.165) is 24.5 Å². The molecule has 4 nitrogen and oxygen atoms in total. The van der Waals surface area contributed by atoms with Crippen molar-refractivity contribution < 1.29 is 5.11 Å². The fourth-order valence-electron chi connectivity index (χ4n) is 2.55. The fourth-order valence-corrected chi connectivity index (χ4v) is 2.55. The molecule has 0 radical (unpaired) electrons. The minimum absolute atomic E-state index is 0.476. The third-order valence-corrected chi connectivity index (χ3v) is 3.77. The summed E-state index contributed by atoms with van der Waals surface area (Å²) < 4.78 is 0. The van der Waals surface area contributed by atoms with Crippen molar-refractivity contribution in [1.29, 1.82) is 0 Å². The Balaban J connectivity index is 1.97. The number of rotatable bonds is 2. The van der Waals surface area contributed by atoms with Gasteiger partial charge in [-0.2, -0.15) is 0 Å². The number of fused-ring (bicyclic) bond motifs is 1. The van der Waals surface area contributed by atoms with E-state index in [1.165, 1.54) is 11.4 Å². The van der Waals surface area contributed by atoms with Crippen LogP contribution in [0.2, 0.25) is 0 Å². The molecule has 1 aromatic carbocycles. The van der Waals surface area contributed by atoms with Gasteiger partial charge in [-0.1, -0.05) is 18.2 Å². The Kier molecular flexibility index (Phi) is 3.32. The zero-order valence-electron chi connectivity index (χ0n) is 11.8. The molecule has 20 heavy (non-hydrogen) atoms. The molecule has 1 atom stereocenters. The van der Waals surface area contributed by atoms with Crippen LogP contribution in [0.5, 0.6) is 0 Å². The molecule has 1 aromatic heterocycles. The molecule has 4 heteroatoms. The molecular formula is C16H19N3O. The lowest BCUT2D eigenvalue weighted by molar-refractivity contribution is 0.199. The Labute approximate surface area is 119 Å². The van der Waals surface area contributed by atoms with Gasteiger partial charge in [0.1, 0.15) is 5.82 Å². The van der Waals surface area contributed by atoms with Gasteiger partial charge in [-0.05, 0) is 30.7 Å². The van der Waals surface area contributed by atoms with E-state index in [2.05, 4.69) is 46.1 Å². The first kappa shape index (κ1) is 12.9. The first-order valence-corrected chi connectivity index (χ1v) is 6.88. The molecule has 0 saturated carbocycles. The molecule has 0 saturated heterocycles. The molecule has 1 aliphatic heterocycles. The molecule has 2 heterocycles. The average Bonchev–Trinajstić information content (AvgIpc) is 2.48. The molecule has 0 fully saturated rings. The molecule has 104 valence electrons. The highest BCUT2D eigenvalue weighted by Gasteiger charge is 2.21. The number of aliphatic hydroxyl groups excluding tert-OH is 1. The number of aliphatic hydroxyl groups is 1. The predicted molar refractivity (Wildman–Crippen MR) is 81.6 cm³/mol. The topological polar surface area (TPSA) is 39.6 Å². The summed E-state index contributed by atoms with van der Waals surface area (Å²) in [6.45, 7) is 3.63. The molecule has 0 amide bonds. The number of anilines is 3. The smallest absolute Gasteiger partial charge is 0.133 e. The van der Waals surface area contributed by atoms with E-state index >= 15 is 0 Å². The van der Waals surface area contributed by atoms with Gasteiger partial charge in [0.2, 0.25) is 0 Å². The first-order valence-electron chi connectivity index (χ1n) is 6.88. The van der Waals surface area contributed by atoms with E-state index in [1.807, 2.05) is 12.1 Å². The minimum atomic E-state index is -0.476. The van der Waals surface area contributed by atoms with Crippen LogP contribution in [0.3, 0.4) is 0 Å². The Hall–Kier alpha value is -2.07. The summed E-state index contributed by atoms with van der Waals surface area (Å²) in [6.07, 6.45) is 1.28. The van der Waals surface area contributed by atoms with Crippen LogP contribution in [0.4, 0.5) is 17.2 Å². The second-order valence-electron chi connectivity index (χ2n) is 5.19. The maximum absolute atomic E-state index is 9.56. The summed E-state index contributed by atoms with van der Waals surface area (Å²) in [5.41, 5.74) is 3.25. The molecule has 1 aliphatic rings. The van der Waals surface area contributed by atoms with Crippen molar-refractivity contribution in [3.63, 3.8) is 0 Å². The Morgan fingerprint density at radius 2 is 1.85 bits per heavy atom. The van der Waals surface area contributed by atoms with Crippen LogP contribution in [0.15, 0.2) is 42.6 Å². The van der Waals surface area contributed by atoms with Crippen LogP contribution in [0.25, 0.3) is 0 Å². The minimum Gasteiger partial charge on any atom is -0.389 e. The van der Waals surface area contributed by atoms with Gasteiger partial charge < -0.3 is 14.9 Å². The van der Waals surface area contributed by atoms with Gasteiger partial charge in [0, 0.05) is 26.3 Å². The largest absolute Gasteiger partial charge is 0.389 e. The summed E-state index contributed by atoms with van der Waals surface area (Å²) >= 11 is 0. The van der Waals surface area contributed by atoms with Crippen LogP contribution in [0, 0.1) is 0 Å². The molecule has 1 N–H and O–H groups in total. The summed E-state index contributed by atoms with van der Waals surface area (Å²) in [5, 5.41) is 9.56. The van der Waals surface area contributed by atoms with Crippen LogP contribution >= 0.6 is 0 Å². The summed E-state index contributed by atoms with van der Waals surface area (Å²) in [7, 11) is 2.11. The summed E-state index contributed by atoms with van der Waals surface area (Å²) in [6, 6.07) is 12.3. The van der Waals surface area contributed by atoms with Crippen molar-refractivity contribution in [3.05, 3.63) is 48.2 Å². The van der Waals surface area contributed by atoms with Crippen molar-refractivity contribution in [2.75, 3.05) is 29.9 Å². The zero-order chi connectivity index (χ0) is 14.1. The van der Waals surface area contributed by atoms with Gasteiger partial charge in [-0.25, -0.2) is 4.98 Å². The first-order chi connectivity index (χ1) is 9.66. The van der Waals surface area contributed by atoms with Gasteiger partial charge in [0.05, 0.1) is 17.5 Å². The second kappa shape index (κ2) is 5.13. The Morgan fingerprint density at radius 1 is 1.10 bits per heavy atom. The van der Waals surface area contributed by atoms with Crippen LogP contribution in [0.1, 0.15) is 18.6 Å². The molecule has 0 spiro atoms. The number of pyridine rings is 1. The van der Waals surface area contributed by atoms with Gasteiger partial charge in [-0.15, -0.1) is 0 Å². The molecule has 0 bridgehead atoms. The molecule has 2 aromatic rings. The third-order valence-electron chi connectivity index (χ3n) is 3.77. The quantitative estimate of drug-likeness (QED) is 0.910. The SMILES string of the molecule is CC(O)c1ccc(N2CCN(C)c3ccccc32)nc1. The maximum atomic E-state index is 9.56. The van der Waals surface area contributed by atoms with Crippen LogP contribution in [-0.2, 0) is 0 Å². The van der Waals surface area contributed by atoms with E-state index < -0.39 is 6.10 Å². The Bertz CT molecular complexity index is 595. The van der Waals surface area contributed by atoms with Gasteiger partial charge in [0.25, 0.3) is 0 Å². The van der Waals surface area contributed by atoms with Crippen LogP contribution < -0.4 is 9.80 Å². The summed E-state index contributed by atoms with van der Waals surface area (Å²) in [4.78, 5) is 8.98. The summed E-state index contributed by atoms with van der Waals surface area (Å²) in [5.74, 6) is 0.926. The number of benzene rings is 1. The Morgan fingerprint density at radius 3 is 2.50 bits per heavy atom. The molecular weight excluding hydrogens is 250 g/mol. The third kappa shape index (κ3) is 2.23. The van der Waals surface area contributed by atoms with E-state index in [4.69, 9.17) is 0 Å². The predicted octanol–water partition coefficient (Wildman–Crippen LogP) is 2.72. The second-order valence-corrected chi connectivity index (χ2v) is 5.19. The standard InChI is InChI=1S/C16H19N3O/c1-12(20)13-7-8-16(17-11-13)19-10-9-18(2)14-5-3-4-6-15(14)19/h3-8,11-12,20H,9-10H2,1-2H3. The lowest BCUT2D eigenvalue weighted by atomic mass is 10.1. The van der Waals surface area contributed by atoms with E-state index in [9.17, 15) is 5.11 Å². The average molecular weight is 269 g/mol. The highest BCUT2D eigenvalue weighted by atomic mass is 16.3. The van der Waals surface area contributed by atoms with Gasteiger partial charge >= 0.3 is 0 Å². The van der Waals surface area contributed by atoms with Gasteiger partial charge in [0.15, 0.2) is 0 Å². The van der Waals surface area contributed by atoms with E-state index in [-0.39, 0.29) is 0 Å². The van der Waals surface area contributed by atoms with Crippen LogP contribution in [-0.4, -0.2) is 30.2 Å². The van der Waals surface area contributed by atoms with Crippen molar-refractivity contribution in [2.45, 2.75) is 13.0 Å². The lowest BCUT2D eigenvalue weighted by Gasteiger charge is -2.36. The molecule has 1 unspecified atom stereocenters. The molecule has 3 rings (SSSR count). The number of nitrogens with zero attached hydrogens (tertiary/aromatic N) is 3. The van der Waals surface area contributed by atoms with E-state index in [0.29, 0.717) is 0 Å². The fraction of sp³-hybridized carbons (Fsp3) is 0.312.